The number of nitrogens with one attached hydrogen (secondary N) is 1. The zero-order chi connectivity index (χ0) is 17.6. The maximum absolute atomic E-state index is 12.0. The van der Waals surface area contributed by atoms with E-state index in [4.69, 9.17) is 4.74 Å². The van der Waals surface area contributed by atoms with Gasteiger partial charge in [0.2, 0.25) is 5.91 Å². The highest BCUT2D eigenvalue weighted by Crippen LogP contribution is 2.24. The number of amides is 1. The van der Waals surface area contributed by atoms with E-state index in [1.807, 2.05) is 43.3 Å². The molecule has 0 saturated carbocycles. The first kappa shape index (κ1) is 18.1. The normalized spacial score (nSPS) is 11.2. The molecule has 2 aromatic rings. The van der Waals surface area contributed by atoms with Gasteiger partial charge in [-0.3, -0.25) is 4.79 Å². The Hall–Kier alpha value is -2.29. The third-order valence-electron chi connectivity index (χ3n) is 4.03. The lowest BCUT2D eigenvalue weighted by Crippen LogP contribution is -2.29. The van der Waals surface area contributed by atoms with E-state index in [0.29, 0.717) is 19.6 Å². The maximum Gasteiger partial charge on any atom is 0.224 e. The SMILES string of the molecule is Cc1ccccc1CC(=O)NCCOc1ccc(C(C)(C)C)cc1. The number of carbonyl (C=O) groups excluding carboxylic acids is 1. The molecule has 24 heavy (non-hydrogen) atoms. The number of rotatable bonds is 6. The maximum atomic E-state index is 12.0. The highest BCUT2D eigenvalue weighted by atomic mass is 16.5. The van der Waals surface area contributed by atoms with E-state index in [2.05, 4.69) is 38.2 Å². The largest absolute Gasteiger partial charge is 0.492 e. The van der Waals surface area contributed by atoms with Gasteiger partial charge in [-0.05, 0) is 41.2 Å². The summed E-state index contributed by atoms with van der Waals surface area (Å²) in [5.74, 6) is 0.854. The van der Waals surface area contributed by atoms with Crippen molar-refractivity contribution in [2.75, 3.05) is 13.2 Å². The van der Waals surface area contributed by atoms with Crippen LogP contribution in [-0.4, -0.2) is 19.1 Å². The molecule has 1 N–H and O–H groups in total. The van der Waals surface area contributed by atoms with E-state index in [9.17, 15) is 4.79 Å². The Morgan fingerprint density at radius 2 is 1.71 bits per heavy atom. The van der Waals surface area contributed by atoms with Crippen LogP contribution in [0.25, 0.3) is 0 Å². The van der Waals surface area contributed by atoms with Crippen LogP contribution < -0.4 is 10.1 Å². The third-order valence-corrected chi connectivity index (χ3v) is 4.03. The molecule has 0 bridgehead atoms. The van der Waals surface area contributed by atoms with Crippen LogP contribution >= 0.6 is 0 Å². The Bertz CT molecular complexity index is 669. The van der Waals surface area contributed by atoms with E-state index < -0.39 is 0 Å². The summed E-state index contributed by atoms with van der Waals surface area (Å²) in [6.07, 6.45) is 0.410. The molecule has 0 unspecified atom stereocenters. The molecule has 1 amide bonds. The zero-order valence-electron chi connectivity index (χ0n) is 15.1. The lowest BCUT2D eigenvalue weighted by molar-refractivity contribution is -0.120. The molecule has 0 aliphatic rings. The van der Waals surface area contributed by atoms with Crippen molar-refractivity contribution in [3.63, 3.8) is 0 Å². The topological polar surface area (TPSA) is 38.3 Å². The summed E-state index contributed by atoms with van der Waals surface area (Å²) in [4.78, 5) is 12.0. The molecule has 128 valence electrons. The molecule has 3 nitrogen and oxygen atoms in total. The molecular formula is C21H27NO2. The van der Waals surface area contributed by atoms with Gasteiger partial charge >= 0.3 is 0 Å². The molecule has 0 radical (unpaired) electrons. The van der Waals surface area contributed by atoms with E-state index in [1.54, 1.807) is 0 Å². The van der Waals surface area contributed by atoms with Gasteiger partial charge < -0.3 is 10.1 Å². The van der Waals surface area contributed by atoms with Gasteiger partial charge in [-0.2, -0.15) is 0 Å². The second-order valence-corrected chi connectivity index (χ2v) is 7.08. The summed E-state index contributed by atoms with van der Waals surface area (Å²) in [5, 5.41) is 2.90. The van der Waals surface area contributed by atoms with E-state index in [-0.39, 0.29) is 11.3 Å². The van der Waals surface area contributed by atoms with E-state index >= 15 is 0 Å². The van der Waals surface area contributed by atoms with Crippen molar-refractivity contribution < 1.29 is 9.53 Å². The van der Waals surface area contributed by atoms with Crippen LogP contribution in [0.15, 0.2) is 48.5 Å². The van der Waals surface area contributed by atoms with Crippen molar-refractivity contribution in [1.82, 2.24) is 5.32 Å². The van der Waals surface area contributed by atoms with E-state index in [1.165, 1.54) is 5.56 Å². The van der Waals surface area contributed by atoms with Crippen LogP contribution in [0.3, 0.4) is 0 Å². The summed E-state index contributed by atoms with van der Waals surface area (Å²) >= 11 is 0. The number of ether oxygens (including phenoxy) is 1. The Balaban J connectivity index is 1.73. The quantitative estimate of drug-likeness (QED) is 0.814. The number of aryl methyl sites for hydroxylation is 1. The lowest BCUT2D eigenvalue weighted by Gasteiger charge is -2.19. The molecule has 0 aliphatic carbocycles. The van der Waals surface area contributed by atoms with Crippen LogP contribution in [0, 0.1) is 6.92 Å². The van der Waals surface area contributed by atoms with Crippen LogP contribution in [-0.2, 0) is 16.6 Å². The van der Waals surface area contributed by atoms with Crippen molar-refractivity contribution in [2.24, 2.45) is 0 Å². The second kappa shape index (κ2) is 8.00. The fraction of sp³-hybridized carbons (Fsp3) is 0.381. The second-order valence-electron chi connectivity index (χ2n) is 7.08. The minimum Gasteiger partial charge on any atom is -0.492 e. The predicted molar refractivity (Wildman–Crippen MR) is 98.5 cm³/mol. The minimum absolute atomic E-state index is 0.0241. The Labute approximate surface area is 145 Å². The smallest absolute Gasteiger partial charge is 0.224 e. The van der Waals surface area contributed by atoms with Gasteiger partial charge in [0.25, 0.3) is 0 Å². The highest BCUT2D eigenvalue weighted by molar-refractivity contribution is 5.78. The molecule has 3 heteroatoms. The van der Waals surface area contributed by atoms with Gasteiger partial charge in [0.1, 0.15) is 12.4 Å². The monoisotopic (exact) mass is 325 g/mol. The summed E-state index contributed by atoms with van der Waals surface area (Å²) < 4.78 is 5.68. The fourth-order valence-corrected chi connectivity index (χ4v) is 2.45. The van der Waals surface area contributed by atoms with E-state index in [0.717, 1.165) is 16.9 Å². The minimum atomic E-state index is 0.0241. The number of hydrogen-bond acceptors (Lipinski definition) is 2. The van der Waals surface area contributed by atoms with Crippen molar-refractivity contribution in [1.29, 1.82) is 0 Å². The number of benzene rings is 2. The summed E-state index contributed by atoms with van der Waals surface area (Å²) in [7, 11) is 0. The molecule has 0 heterocycles. The standard InChI is InChI=1S/C21H27NO2/c1-16-7-5-6-8-17(16)15-20(23)22-13-14-24-19-11-9-18(10-12-19)21(2,3)4/h5-12H,13-15H2,1-4H3,(H,22,23). The zero-order valence-corrected chi connectivity index (χ0v) is 15.1. The molecule has 0 atom stereocenters. The van der Waals surface area contributed by atoms with Gasteiger partial charge in [-0.25, -0.2) is 0 Å². The number of carbonyl (C=O) groups is 1. The molecule has 0 fully saturated rings. The first-order valence-electron chi connectivity index (χ1n) is 8.41. The number of hydrogen-bond donors (Lipinski definition) is 1. The molecule has 2 aromatic carbocycles. The van der Waals surface area contributed by atoms with Gasteiger partial charge in [-0.1, -0.05) is 57.2 Å². The highest BCUT2D eigenvalue weighted by Gasteiger charge is 2.12. The molecule has 0 aliphatic heterocycles. The van der Waals surface area contributed by atoms with Crippen LogP contribution in [0.5, 0.6) is 5.75 Å². The summed E-state index contributed by atoms with van der Waals surface area (Å²) in [6, 6.07) is 16.1. The van der Waals surface area contributed by atoms with Crippen molar-refractivity contribution >= 4 is 5.91 Å². The average molecular weight is 325 g/mol. The lowest BCUT2D eigenvalue weighted by atomic mass is 9.87. The molecular weight excluding hydrogens is 298 g/mol. The van der Waals surface area contributed by atoms with Crippen LogP contribution in [0.1, 0.15) is 37.5 Å². The summed E-state index contributed by atoms with van der Waals surface area (Å²) in [5.41, 5.74) is 3.63. The van der Waals surface area contributed by atoms with Gasteiger partial charge in [-0.15, -0.1) is 0 Å². The first-order chi connectivity index (χ1) is 11.4. The predicted octanol–water partition coefficient (Wildman–Crippen LogP) is 4.03. The third kappa shape index (κ3) is 5.41. The molecule has 2 rings (SSSR count). The van der Waals surface area contributed by atoms with Crippen molar-refractivity contribution in [2.45, 2.75) is 39.5 Å². The van der Waals surface area contributed by atoms with Gasteiger partial charge in [0, 0.05) is 0 Å². The average Bonchev–Trinajstić information content (AvgIpc) is 2.53. The molecule has 0 spiro atoms. The fourth-order valence-electron chi connectivity index (χ4n) is 2.45. The first-order valence-corrected chi connectivity index (χ1v) is 8.41. The van der Waals surface area contributed by atoms with Crippen molar-refractivity contribution in [3.8, 4) is 5.75 Å². The molecule has 0 aromatic heterocycles. The van der Waals surface area contributed by atoms with Crippen LogP contribution in [0.4, 0.5) is 0 Å². The molecule has 0 saturated heterocycles. The Morgan fingerprint density at radius 1 is 1.04 bits per heavy atom. The van der Waals surface area contributed by atoms with Gasteiger partial charge in [0.05, 0.1) is 13.0 Å². The Kier molecular flexibility index (Phi) is 6.02. The van der Waals surface area contributed by atoms with Gasteiger partial charge in [0.15, 0.2) is 0 Å². The van der Waals surface area contributed by atoms with Crippen molar-refractivity contribution in [3.05, 3.63) is 65.2 Å². The summed E-state index contributed by atoms with van der Waals surface area (Å²) in [6.45, 7) is 9.56. The van der Waals surface area contributed by atoms with Crippen LogP contribution in [0.2, 0.25) is 0 Å². The Morgan fingerprint density at radius 3 is 2.33 bits per heavy atom.